The van der Waals surface area contributed by atoms with E-state index < -0.39 is 10.0 Å². The molecule has 0 N–H and O–H groups in total. The highest BCUT2D eigenvalue weighted by molar-refractivity contribution is 7.89. The molecule has 2 aliphatic carbocycles. The van der Waals surface area contributed by atoms with Gasteiger partial charge in [-0.05, 0) is 38.0 Å². The van der Waals surface area contributed by atoms with Crippen molar-refractivity contribution in [2.75, 3.05) is 26.2 Å². The second-order valence-corrected chi connectivity index (χ2v) is 9.59. The summed E-state index contributed by atoms with van der Waals surface area (Å²) in [6.45, 7) is 3.63. The Morgan fingerprint density at radius 3 is 2.58 bits per heavy atom. The third kappa shape index (κ3) is 2.99. The van der Waals surface area contributed by atoms with E-state index in [0.717, 1.165) is 12.8 Å². The normalized spacial score (nSPS) is 29.3. The molecular weight excluding hydrogens is 352 g/mol. The minimum atomic E-state index is -3.61. The fourth-order valence-corrected chi connectivity index (χ4v) is 5.93. The maximum absolute atomic E-state index is 12.9. The van der Waals surface area contributed by atoms with Crippen molar-refractivity contribution in [2.24, 2.45) is 24.8 Å². The lowest BCUT2D eigenvalue weighted by Crippen LogP contribution is -2.41. The molecule has 4 rings (SSSR count). The summed E-state index contributed by atoms with van der Waals surface area (Å²) in [5.41, 5.74) is 0. The minimum Gasteiger partial charge on any atom is -0.341 e. The number of aromatic nitrogens is 2. The van der Waals surface area contributed by atoms with Crippen molar-refractivity contribution in [3.8, 4) is 0 Å². The van der Waals surface area contributed by atoms with E-state index in [9.17, 15) is 13.2 Å². The molecule has 0 aromatic carbocycles. The van der Waals surface area contributed by atoms with Crippen molar-refractivity contribution in [2.45, 2.75) is 31.2 Å². The van der Waals surface area contributed by atoms with Gasteiger partial charge in [0.25, 0.3) is 10.0 Å². The molecule has 8 heteroatoms. The summed E-state index contributed by atoms with van der Waals surface area (Å²) in [7, 11) is -1.83. The molecule has 2 bridgehead atoms. The fourth-order valence-electron chi connectivity index (χ4n) is 4.44. The van der Waals surface area contributed by atoms with Crippen molar-refractivity contribution in [3.05, 3.63) is 24.2 Å². The molecule has 2 fully saturated rings. The molecule has 2 heterocycles. The van der Waals surface area contributed by atoms with Crippen LogP contribution in [0.2, 0.25) is 0 Å². The maximum Gasteiger partial charge on any atom is 0.262 e. The van der Waals surface area contributed by atoms with Crippen molar-refractivity contribution >= 4 is 15.9 Å². The smallest absolute Gasteiger partial charge is 0.262 e. The van der Waals surface area contributed by atoms with Gasteiger partial charge in [-0.15, -0.1) is 0 Å². The number of sulfonamides is 1. The molecular formula is C18H26N4O3S. The Morgan fingerprint density at radius 1 is 1.15 bits per heavy atom. The fraction of sp³-hybridized carbons (Fsp3) is 0.667. The lowest BCUT2D eigenvalue weighted by atomic mass is 9.92. The van der Waals surface area contributed by atoms with Gasteiger partial charge in [0.15, 0.2) is 5.03 Å². The molecule has 26 heavy (non-hydrogen) atoms. The van der Waals surface area contributed by atoms with Gasteiger partial charge in [0.2, 0.25) is 5.91 Å². The summed E-state index contributed by atoms with van der Waals surface area (Å²) in [5, 5.41) is 0.0931. The number of imidazole rings is 1. The van der Waals surface area contributed by atoms with Gasteiger partial charge in [0.05, 0.1) is 0 Å². The van der Waals surface area contributed by atoms with Crippen molar-refractivity contribution in [1.82, 2.24) is 18.8 Å². The van der Waals surface area contributed by atoms with Crippen LogP contribution in [-0.2, 0) is 21.9 Å². The van der Waals surface area contributed by atoms with Crippen LogP contribution in [0, 0.1) is 24.7 Å². The summed E-state index contributed by atoms with van der Waals surface area (Å²) < 4.78 is 28.9. The Bertz CT molecular complexity index is 825. The van der Waals surface area contributed by atoms with Gasteiger partial charge in [-0.2, -0.15) is 4.31 Å². The summed E-state index contributed by atoms with van der Waals surface area (Å²) >= 11 is 0. The monoisotopic (exact) mass is 378 g/mol. The van der Waals surface area contributed by atoms with E-state index in [1.54, 1.807) is 24.7 Å². The number of hydrogen-bond donors (Lipinski definition) is 0. The van der Waals surface area contributed by atoms with Crippen LogP contribution in [0.5, 0.6) is 0 Å². The highest BCUT2D eigenvalue weighted by Gasteiger charge is 2.42. The van der Waals surface area contributed by atoms with Crippen LogP contribution < -0.4 is 0 Å². The van der Waals surface area contributed by atoms with Gasteiger partial charge in [-0.1, -0.05) is 12.2 Å². The number of rotatable bonds is 3. The molecule has 7 nitrogen and oxygen atoms in total. The van der Waals surface area contributed by atoms with Crippen LogP contribution >= 0.6 is 0 Å². The van der Waals surface area contributed by atoms with Crippen LogP contribution in [0.25, 0.3) is 0 Å². The van der Waals surface area contributed by atoms with Crippen LogP contribution in [0.4, 0.5) is 0 Å². The third-order valence-electron chi connectivity index (χ3n) is 6.05. The molecule has 1 aromatic heterocycles. The van der Waals surface area contributed by atoms with E-state index in [1.165, 1.54) is 4.31 Å². The molecule has 1 saturated heterocycles. The van der Waals surface area contributed by atoms with Crippen LogP contribution in [0.1, 0.15) is 25.1 Å². The summed E-state index contributed by atoms with van der Waals surface area (Å²) in [5.74, 6) is 1.90. The first kappa shape index (κ1) is 17.7. The highest BCUT2D eigenvalue weighted by atomic mass is 32.2. The maximum atomic E-state index is 12.9. The molecule has 3 atom stereocenters. The average Bonchev–Trinajstić information content (AvgIpc) is 3.26. The van der Waals surface area contributed by atoms with Crippen LogP contribution in [0.3, 0.4) is 0 Å². The first-order valence-electron chi connectivity index (χ1n) is 9.33. The first-order valence-corrected chi connectivity index (χ1v) is 10.8. The van der Waals surface area contributed by atoms with Gasteiger partial charge < -0.3 is 9.47 Å². The minimum absolute atomic E-state index is 0.0894. The topological polar surface area (TPSA) is 75.5 Å². The zero-order chi connectivity index (χ0) is 18.5. The second-order valence-electron chi connectivity index (χ2n) is 7.71. The molecule has 0 radical (unpaired) electrons. The number of amides is 1. The summed E-state index contributed by atoms with van der Waals surface area (Å²) in [4.78, 5) is 19.0. The van der Waals surface area contributed by atoms with E-state index in [0.29, 0.717) is 50.3 Å². The van der Waals surface area contributed by atoms with Gasteiger partial charge in [-0.3, -0.25) is 4.79 Å². The Hall–Kier alpha value is -1.67. The standard InChI is InChI=1S/C18H26N4O3S/c1-13-19-17(12-20(13)2)26(24,25)22-7-3-6-21(8-9-22)18(23)16-11-14-4-5-15(16)10-14/h4-5,12,14-16H,3,6-11H2,1-2H3. The molecule has 1 amide bonds. The number of hydrogen-bond acceptors (Lipinski definition) is 4. The van der Waals surface area contributed by atoms with E-state index in [2.05, 4.69) is 17.1 Å². The SMILES string of the molecule is Cc1nc(S(=O)(=O)N2CCCN(C(=O)C3CC4C=CC3C4)CC2)cn1C. The third-order valence-corrected chi connectivity index (χ3v) is 7.82. The number of aryl methyl sites for hydroxylation is 2. The van der Waals surface area contributed by atoms with Crippen molar-refractivity contribution in [3.63, 3.8) is 0 Å². The zero-order valence-corrected chi connectivity index (χ0v) is 16.2. The summed E-state index contributed by atoms with van der Waals surface area (Å²) in [6, 6.07) is 0. The van der Waals surface area contributed by atoms with E-state index in [-0.39, 0.29) is 16.9 Å². The van der Waals surface area contributed by atoms with Gasteiger partial charge in [0, 0.05) is 45.3 Å². The summed E-state index contributed by atoms with van der Waals surface area (Å²) in [6.07, 6.45) is 8.69. The van der Waals surface area contributed by atoms with Gasteiger partial charge in [0.1, 0.15) is 5.82 Å². The van der Waals surface area contributed by atoms with Crippen molar-refractivity contribution < 1.29 is 13.2 Å². The molecule has 1 saturated carbocycles. The molecule has 142 valence electrons. The van der Waals surface area contributed by atoms with E-state index >= 15 is 0 Å². The number of nitrogens with zero attached hydrogens (tertiary/aromatic N) is 4. The van der Waals surface area contributed by atoms with Crippen molar-refractivity contribution in [1.29, 1.82) is 0 Å². The quantitative estimate of drug-likeness (QED) is 0.740. The van der Waals surface area contributed by atoms with E-state index in [4.69, 9.17) is 0 Å². The lowest BCUT2D eigenvalue weighted by molar-refractivity contribution is -0.136. The molecule has 3 unspecified atom stereocenters. The Balaban J connectivity index is 1.45. The Labute approximate surface area is 154 Å². The number of fused-ring (bicyclic) bond motifs is 2. The lowest BCUT2D eigenvalue weighted by Gasteiger charge is -2.27. The van der Waals surface area contributed by atoms with Gasteiger partial charge in [-0.25, -0.2) is 13.4 Å². The molecule has 1 aromatic rings. The molecule has 3 aliphatic rings. The largest absolute Gasteiger partial charge is 0.341 e. The molecule has 0 spiro atoms. The predicted molar refractivity (Wildman–Crippen MR) is 96.7 cm³/mol. The number of carbonyl (C=O) groups is 1. The average molecular weight is 378 g/mol. The number of carbonyl (C=O) groups excluding carboxylic acids is 1. The number of allylic oxidation sites excluding steroid dienone is 2. The van der Waals surface area contributed by atoms with Crippen LogP contribution in [-0.4, -0.2) is 59.3 Å². The highest BCUT2D eigenvalue weighted by Crippen LogP contribution is 2.44. The Kier molecular flexibility index (Phi) is 4.43. The first-order chi connectivity index (χ1) is 12.4. The second kappa shape index (κ2) is 6.49. The van der Waals surface area contributed by atoms with Gasteiger partial charge >= 0.3 is 0 Å². The van der Waals surface area contributed by atoms with Crippen LogP contribution in [0.15, 0.2) is 23.4 Å². The zero-order valence-electron chi connectivity index (χ0n) is 15.3. The van der Waals surface area contributed by atoms with E-state index in [1.807, 2.05) is 4.90 Å². The predicted octanol–water partition coefficient (Wildman–Crippen LogP) is 1.16. The molecule has 1 aliphatic heterocycles. The Morgan fingerprint density at radius 2 is 1.96 bits per heavy atom.